The Labute approximate surface area is 68.8 Å². The van der Waals surface area contributed by atoms with E-state index in [1.54, 1.807) is 0 Å². The second kappa shape index (κ2) is 4.73. The molecule has 2 heteroatoms. The molecule has 0 aromatic carbocycles. The molecule has 2 atom stereocenters. The Kier molecular flexibility index (Phi) is 3.87. The second-order valence-electron chi connectivity index (χ2n) is 3.36. The van der Waals surface area contributed by atoms with E-state index in [9.17, 15) is 0 Å². The van der Waals surface area contributed by atoms with E-state index < -0.39 is 0 Å². The molecule has 0 amide bonds. The van der Waals surface area contributed by atoms with E-state index in [-0.39, 0.29) is 0 Å². The van der Waals surface area contributed by atoms with Crippen molar-refractivity contribution in [2.75, 3.05) is 6.61 Å². The molecule has 1 aliphatic rings. The molecule has 0 bridgehead atoms. The van der Waals surface area contributed by atoms with Gasteiger partial charge in [-0.1, -0.05) is 20.3 Å². The smallest absolute Gasteiger partial charge is 0.0956 e. The molecule has 0 N–H and O–H groups in total. The summed E-state index contributed by atoms with van der Waals surface area (Å²) in [6, 6.07) is 0. The van der Waals surface area contributed by atoms with Crippen LogP contribution in [-0.2, 0) is 9.78 Å². The molecule has 0 spiro atoms. The lowest BCUT2D eigenvalue weighted by Gasteiger charge is -2.26. The first kappa shape index (κ1) is 9.01. The van der Waals surface area contributed by atoms with Crippen LogP contribution in [0.25, 0.3) is 0 Å². The van der Waals surface area contributed by atoms with Crippen molar-refractivity contribution in [2.45, 2.75) is 45.6 Å². The Morgan fingerprint density at radius 1 is 1.55 bits per heavy atom. The van der Waals surface area contributed by atoms with Gasteiger partial charge in [-0.05, 0) is 25.2 Å². The van der Waals surface area contributed by atoms with Gasteiger partial charge in [0.25, 0.3) is 0 Å². The Morgan fingerprint density at radius 3 is 2.91 bits per heavy atom. The summed E-state index contributed by atoms with van der Waals surface area (Å²) in [7, 11) is 0. The van der Waals surface area contributed by atoms with Crippen molar-refractivity contribution < 1.29 is 9.78 Å². The van der Waals surface area contributed by atoms with Gasteiger partial charge in [0.15, 0.2) is 0 Å². The molecule has 0 radical (unpaired) electrons. The summed E-state index contributed by atoms with van der Waals surface area (Å²) < 4.78 is 0. The summed E-state index contributed by atoms with van der Waals surface area (Å²) in [5.74, 6) is 0.653. The predicted octanol–water partition coefficient (Wildman–Crippen LogP) is 2.53. The van der Waals surface area contributed by atoms with Crippen molar-refractivity contribution in [1.82, 2.24) is 0 Å². The maximum atomic E-state index is 5.19. The van der Waals surface area contributed by atoms with Gasteiger partial charge in [0.05, 0.1) is 12.7 Å². The molecule has 1 rings (SSSR count). The highest BCUT2D eigenvalue weighted by Gasteiger charge is 2.20. The molecule has 1 heterocycles. The van der Waals surface area contributed by atoms with Gasteiger partial charge >= 0.3 is 0 Å². The van der Waals surface area contributed by atoms with Crippen LogP contribution in [0.3, 0.4) is 0 Å². The van der Waals surface area contributed by atoms with Gasteiger partial charge in [-0.25, -0.2) is 9.78 Å². The molecule has 1 fully saturated rings. The number of hydrogen-bond donors (Lipinski definition) is 0. The third-order valence-corrected chi connectivity index (χ3v) is 2.29. The predicted molar refractivity (Wildman–Crippen MR) is 44.1 cm³/mol. The van der Waals surface area contributed by atoms with Crippen LogP contribution >= 0.6 is 0 Å². The van der Waals surface area contributed by atoms with Crippen molar-refractivity contribution in [2.24, 2.45) is 5.92 Å². The second-order valence-corrected chi connectivity index (χ2v) is 3.36. The first-order valence-electron chi connectivity index (χ1n) is 4.63. The summed E-state index contributed by atoms with van der Waals surface area (Å²) in [5, 5.41) is 0. The van der Waals surface area contributed by atoms with E-state index in [4.69, 9.17) is 9.78 Å². The summed E-state index contributed by atoms with van der Waals surface area (Å²) in [6.45, 7) is 5.22. The van der Waals surface area contributed by atoms with Crippen molar-refractivity contribution in [3.8, 4) is 0 Å². The largest absolute Gasteiger partial charge is 0.236 e. The van der Waals surface area contributed by atoms with E-state index in [1.807, 2.05) is 0 Å². The van der Waals surface area contributed by atoms with Crippen LogP contribution in [0, 0.1) is 5.92 Å². The summed E-state index contributed by atoms with van der Waals surface area (Å²) in [6.07, 6.45) is 5.15. The van der Waals surface area contributed by atoms with Crippen LogP contribution < -0.4 is 0 Å². The number of hydrogen-bond acceptors (Lipinski definition) is 2. The van der Waals surface area contributed by atoms with Gasteiger partial charge < -0.3 is 0 Å². The Hall–Kier alpha value is -0.0800. The fraction of sp³-hybridized carbons (Fsp3) is 1.00. The van der Waals surface area contributed by atoms with Crippen molar-refractivity contribution >= 4 is 0 Å². The zero-order valence-corrected chi connectivity index (χ0v) is 7.51. The Bertz CT molecular complexity index is 97.7. The lowest BCUT2D eigenvalue weighted by Crippen LogP contribution is -2.26. The van der Waals surface area contributed by atoms with Gasteiger partial charge in [0, 0.05) is 0 Å². The quantitative estimate of drug-likeness (QED) is 0.588. The van der Waals surface area contributed by atoms with Gasteiger partial charge in [-0.3, -0.25) is 0 Å². The normalized spacial score (nSPS) is 28.4. The fourth-order valence-corrected chi connectivity index (χ4v) is 1.55. The highest BCUT2D eigenvalue weighted by molar-refractivity contribution is 4.66. The van der Waals surface area contributed by atoms with Crippen LogP contribution in [0.2, 0.25) is 0 Å². The zero-order valence-electron chi connectivity index (χ0n) is 7.51. The first-order valence-corrected chi connectivity index (χ1v) is 4.63. The molecule has 0 saturated carbocycles. The molecule has 0 aromatic heterocycles. The van der Waals surface area contributed by atoms with E-state index in [1.165, 1.54) is 19.3 Å². The molecular weight excluding hydrogens is 140 g/mol. The van der Waals surface area contributed by atoms with E-state index in [2.05, 4.69) is 13.8 Å². The van der Waals surface area contributed by atoms with E-state index in [0.717, 1.165) is 13.0 Å². The van der Waals surface area contributed by atoms with Crippen LogP contribution in [0.15, 0.2) is 0 Å². The van der Waals surface area contributed by atoms with Gasteiger partial charge in [-0.15, -0.1) is 0 Å². The molecule has 0 aromatic rings. The van der Waals surface area contributed by atoms with Gasteiger partial charge in [0.1, 0.15) is 0 Å². The highest BCUT2D eigenvalue weighted by Crippen LogP contribution is 2.21. The monoisotopic (exact) mass is 158 g/mol. The minimum atomic E-state index is 0.351. The molecule has 11 heavy (non-hydrogen) atoms. The standard InChI is InChI=1S/C9H18O2/c1-3-5-8(2)9-6-4-7-10-11-9/h8-9H,3-7H2,1-2H3. The minimum Gasteiger partial charge on any atom is -0.236 e. The average Bonchev–Trinajstić information content (AvgIpc) is 2.07. The maximum Gasteiger partial charge on any atom is 0.0956 e. The van der Waals surface area contributed by atoms with Crippen LogP contribution in [0.1, 0.15) is 39.5 Å². The molecule has 2 nitrogen and oxygen atoms in total. The lowest BCUT2D eigenvalue weighted by atomic mass is 9.96. The van der Waals surface area contributed by atoms with Crippen LogP contribution in [-0.4, -0.2) is 12.7 Å². The van der Waals surface area contributed by atoms with Crippen LogP contribution in [0.4, 0.5) is 0 Å². The average molecular weight is 158 g/mol. The van der Waals surface area contributed by atoms with Gasteiger partial charge in [-0.2, -0.15) is 0 Å². The molecule has 0 aliphatic carbocycles. The summed E-state index contributed by atoms with van der Waals surface area (Å²) in [4.78, 5) is 10.1. The Balaban J connectivity index is 2.21. The molecular formula is C9H18O2. The van der Waals surface area contributed by atoms with E-state index >= 15 is 0 Å². The Morgan fingerprint density at radius 2 is 2.36 bits per heavy atom. The minimum absolute atomic E-state index is 0.351. The maximum absolute atomic E-state index is 5.19. The topological polar surface area (TPSA) is 18.5 Å². The molecule has 1 saturated heterocycles. The van der Waals surface area contributed by atoms with Crippen LogP contribution in [0.5, 0.6) is 0 Å². The zero-order chi connectivity index (χ0) is 8.10. The molecule has 1 aliphatic heterocycles. The third kappa shape index (κ3) is 2.80. The van der Waals surface area contributed by atoms with Crippen molar-refractivity contribution in [1.29, 1.82) is 0 Å². The van der Waals surface area contributed by atoms with Crippen molar-refractivity contribution in [3.63, 3.8) is 0 Å². The van der Waals surface area contributed by atoms with E-state index in [0.29, 0.717) is 12.0 Å². The lowest BCUT2D eigenvalue weighted by molar-refractivity contribution is -0.353. The summed E-state index contributed by atoms with van der Waals surface area (Å²) >= 11 is 0. The molecule has 66 valence electrons. The van der Waals surface area contributed by atoms with Crippen molar-refractivity contribution in [3.05, 3.63) is 0 Å². The number of rotatable bonds is 3. The first-order chi connectivity index (χ1) is 5.34. The fourth-order valence-electron chi connectivity index (χ4n) is 1.55. The highest BCUT2D eigenvalue weighted by atomic mass is 17.2. The molecule has 2 unspecified atom stereocenters. The third-order valence-electron chi connectivity index (χ3n) is 2.29. The summed E-state index contributed by atoms with van der Waals surface area (Å²) in [5.41, 5.74) is 0. The van der Waals surface area contributed by atoms with Gasteiger partial charge in [0.2, 0.25) is 0 Å². The SMILES string of the molecule is CCCC(C)C1CCCOO1.